The number of carbonyl (C=O) groups is 4. The number of carbonyl (C=O) groups excluding carboxylic acids is 4. The first-order valence-corrected chi connectivity index (χ1v) is 14.2. The van der Waals surface area contributed by atoms with Gasteiger partial charge in [-0.25, -0.2) is 9.97 Å². The van der Waals surface area contributed by atoms with Gasteiger partial charge in [0.05, 0.1) is 31.5 Å². The predicted molar refractivity (Wildman–Crippen MR) is 152 cm³/mol. The van der Waals surface area contributed by atoms with Gasteiger partial charge in [-0.15, -0.1) is 0 Å². The summed E-state index contributed by atoms with van der Waals surface area (Å²) in [6.45, 7) is 3.95. The molecule has 0 aromatic carbocycles. The summed E-state index contributed by atoms with van der Waals surface area (Å²) in [6.07, 6.45) is 2.81. The smallest absolute Gasteiger partial charge is 0.294 e. The number of hydrogen-bond acceptors (Lipinski definition) is 9. The maximum absolute atomic E-state index is 13.2. The lowest BCUT2D eigenvalue weighted by atomic mass is 10.1. The second-order valence-electron chi connectivity index (χ2n) is 9.82. The third-order valence-electron chi connectivity index (χ3n) is 6.90. The number of hydrogen-bond donors (Lipinski definition) is 2. The Morgan fingerprint density at radius 3 is 2.24 bits per heavy atom. The minimum absolute atomic E-state index is 0.0379. The quantitative estimate of drug-likeness (QED) is 0.353. The van der Waals surface area contributed by atoms with Crippen molar-refractivity contribution in [1.82, 2.24) is 19.8 Å². The van der Waals surface area contributed by atoms with Crippen LogP contribution in [0.5, 0.6) is 0 Å². The molecule has 0 atom stereocenters. The van der Waals surface area contributed by atoms with E-state index in [9.17, 15) is 19.2 Å². The van der Waals surface area contributed by atoms with Crippen LogP contribution in [-0.2, 0) is 19.1 Å². The number of unbranched alkanes of at least 4 members (excludes halogenated alkanes) is 1. The van der Waals surface area contributed by atoms with Crippen molar-refractivity contribution in [2.75, 3.05) is 63.2 Å². The summed E-state index contributed by atoms with van der Waals surface area (Å²) in [5.41, 5.74) is 0.574. The summed E-state index contributed by atoms with van der Waals surface area (Å²) in [5, 5.41) is 5.78. The lowest BCUT2D eigenvalue weighted by Gasteiger charge is -2.26. The molecule has 2 aliphatic rings. The van der Waals surface area contributed by atoms with E-state index in [1.54, 1.807) is 21.9 Å². The molecule has 2 N–H and O–H groups in total. The molecular formula is C28H31ClN6O7. The number of halogens is 1. The molecule has 0 bridgehead atoms. The average Bonchev–Trinajstić information content (AvgIpc) is 3.38. The lowest BCUT2D eigenvalue weighted by molar-refractivity contribution is -0.135. The van der Waals surface area contributed by atoms with E-state index in [4.69, 9.17) is 25.5 Å². The highest BCUT2D eigenvalue weighted by Crippen LogP contribution is 2.31. The number of furan rings is 1. The first-order chi connectivity index (χ1) is 20.4. The molecule has 0 saturated carbocycles. The van der Waals surface area contributed by atoms with Crippen molar-refractivity contribution in [3.05, 3.63) is 46.9 Å². The molecule has 0 aliphatic carbocycles. The minimum atomic E-state index is -0.671. The molecule has 0 unspecified atom stereocenters. The topological polar surface area (TPSA) is 156 Å². The summed E-state index contributed by atoms with van der Waals surface area (Å²) in [6, 6.07) is 6.15. The molecule has 2 fully saturated rings. The molecule has 5 heterocycles. The summed E-state index contributed by atoms with van der Waals surface area (Å²) in [4.78, 5) is 63.6. The van der Waals surface area contributed by atoms with Gasteiger partial charge in [0.2, 0.25) is 17.6 Å². The number of rotatable bonds is 9. The third kappa shape index (κ3) is 7.22. The molecule has 14 heteroatoms. The zero-order valence-electron chi connectivity index (χ0n) is 22.9. The number of fused-ring (bicyclic) bond motifs is 1. The molecule has 3 aromatic heterocycles. The van der Waals surface area contributed by atoms with Crippen LogP contribution in [0, 0.1) is 0 Å². The Hall–Kier alpha value is -4.07. The first-order valence-electron chi connectivity index (χ1n) is 13.8. The number of amides is 4. The average molecular weight is 599 g/mol. The largest absolute Gasteiger partial charge is 0.447 e. The van der Waals surface area contributed by atoms with Crippen LogP contribution in [0.15, 0.2) is 34.9 Å². The number of aromatic nitrogens is 2. The monoisotopic (exact) mass is 598 g/mol. The Morgan fingerprint density at radius 1 is 0.857 bits per heavy atom. The molecule has 2 saturated heterocycles. The number of anilines is 2. The minimum Gasteiger partial charge on any atom is -0.447 e. The van der Waals surface area contributed by atoms with Crippen LogP contribution in [0.1, 0.15) is 46.7 Å². The van der Waals surface area contributed by atoms with E-state index in [1.165, 1.54) is 18.3 Å². The fraction of sp³-hybridized carbons (Fsp3) is 0.429. The maximum Gasteiger partial charge on any atom is 0.294 e. The van der Waals surface area contributed by atoms with Crippen LogP contribution < -0.4 is 10.6 Å². The van der Waals surface area contributed by atoms with Gasteiger partial charge in [-0.3, -0.25) is 19.2 Å². The van der Waals surface area contributed by atoms with E-state index < -0.39 is 5.91 Å². The third-order valence-corrected chi connectivity index (χ3v) is 7.12. The highest BCUT2D eigenvalue weighted by Gasteiger charge is 2.27. The van der Waals surface area contributed by atoms with Gasteiger partial charge in [0.1, 0.15) is 22.7 Å². The lowest BCUT2D eigenvalue weighted by Crippen LogP contribution is -2.41. The van der Waals surface area contributed by atoms with Gasteiger partial charge < -0.3 is 34.3 Å². The van der Waals surface area contributed by atoms with Crippen molar-refractivity contribution in [3.8, 4) is 0 Å². The van der Waals surface area contributed by atoms with Crippen molar-refractivity contribution in [2.24, 2.45) is 0 Å². The Morgan fingerprint density at radius 2 is 1.55 bits per heavy atom. The van der Waals surface area contributed by atoms with Crippen molar-refractivity contribution in [3.63, 3.8) is 0 Å². The Kier molecular flexibility index (Phi) is 9.62. The van der Waals surface area contributed by atoms with Crippen LogP contribution >= 0.6 is 11.6 Å². The highest BCUT2D eigenvalue weighted by atomic mass is 35.5. The molecular weight excluding hydrogens is 568 g/mol. The molecule has 3 aromatic rings. The molecule has 13 nitrogen and oxygen atoms in total. The zero-order chi connectivity index (χ0) is 29.5. The Bertz CT molecular complexity index is 1450. The fourth-order valence-corrected chi connectivity index (χ4v) is 4.77. The van der Waals surface area contributed by atoms with E-state index in [-0.39, 0.29) is 58.2 Å². The highest BCUT2D eigenvalue weighted by molar-refractivity contribution is 6.30. The molecule has 0 spiro atoms. The van der Waals surface area contributed by atoms with Gasteiger partial charge in [-0.05, 0) is 37.1 Å². The van der Waals surface area contributed by atoms with E-state index in [0.29, 0.717) is 76.9 Å². The number of morpholine rings is 2. The van der Waals surface area contributed by atoms with Crippen molar-refractivity contribution in [2.45, 2.75) is 25.7 Å². The van der Waals surface area contributed by atoms with Gasteiger partial charge in [0.15, 0.2) is 5.58 Å². The number of ether oxygens (including phenoxy) is 2. The van der Waals surface area contributed by atoms with Crippen LogP contribution in [0.2, 0.25) is 5.02 Å². The first kappa shape index (κ1) is 29.4. The molecule has 0 radical (unpaired) electrons. The molecule has 4 amide bonds. The van der Waals surface area contributed by atoms with Gasteiger partial charge in [0, 0.05) is 45.2 Å². The predicted octanol–water partition coefficient (Wildman–Crippen LogP) is 2.96. The van der Waals surface area contributed by atoms with Gasteiger partial charge in [0.25, 0.3) is 11.8 Å². The van der Waals surface area contributed by atoms with Crippen molar-refractivity contribution >= 4 is 57.8 Å². The summed E-state index contributed by atoms with van der Waals surface area (Å²) >= 11 is 5.89. The Labute approximate surface area is 246 Å². The number of nitrogens with zero attached hydrogens (tertiary/aromatic N) is 4. The van der Waals surface area contributed by atoms with Crippen molar-refractivity contribution < 1.29 is 33.1 Å². The molecule has 2 aliphatic heterocycles. The Balaban J connectivity index is 1.32. The standard InChI is InChI=1S/C28H31ClN6O7/c29-18-5-8-21(30-17-18)32-27(38)26-25(33-22(36)3-1-2-4-23(37)34-9-13-40-14-10-34)24-20(42-26)7-6-19(31-24)28(39)35-11-15-41-16-12-35/h5-8,17H,1-4,9-16H2,(H,33,36)(H,30,32,38). The van der Waals surface area contributed by atoms with Crippen molar-refractivity contribution in [1.29, 1.82) is 0 Å². The normalized spacial score (nSPS) is 15.5. The summed E-state index contributed by atoms with van der Waals surface area (Å²) < 4.78 is 16.4. The second-order valence-corrected chi connectivity index (χ2v) is 10.3. The van der Waals surface area contributed by atoms with E-state index in [1.807, 2.05) is 0 Å². The van der Waals surface area contributed by atoms with E-state index in [0.717, 1.165) is 0 Å². The van der Waals surface area contributed by atoms with Crippen LogP contribution in [-0.4, -0.2) is 96.0 Å². The number of nitrogens with one attached hydrogen (secondary N) is 2. The van der Waals surface area contributed by atoms with E-state index >= 15 is 0 Å². The number of pyridine rings is 2. The van der Waals surface area contributed by atoms with E-state index in [2.05, 4.69) is 20.6 Å². The molecule has 42 heavy (non-hydrogen) atoms. The molecule has 222 valence electrons. The van der Waals surface area contributed by atoms with Crippen LogP contribution in [0.25, 0.3) is 11.1 Å². The molecule has 5 rings (SSSR count). The summed E-state index contributed by atoms with van der Waals surface area (Å²) in [5.74, 6) is -1.28. The van der Waals surface area contributed by atoms with Crippen LogP contribution in [0.3, 0.4) is 0 Å². The van der Waals surface area contributed by atoms with Gasteiger partial charge in [-0.1, -0.05) is 11.6 Å². The summed E-state index contributed by atoms with van der Waals surface area (Å²) in [7, 11) is 0. The maximum atomic E-state index is 13.2. The fourth-order valence-electron chi connectivity index (χ4n) is 4.66. The van der Waals surface area contributed by atoms with Crippen LogP contribution in [0.4, 0.5) is 11.5 Å². The SMILES string of the molecule is O=C(CCCCC(=O)N1CCOCC1)Nc1c(C(=O)Nc2ccc(Cl)cn2)oc2ccc(C(=O)N3CCOCC3)nc12. The van der Waals surface area contributed by atoms with Gasteiger partial charge >= 0.3 is 0 Å². The zero-order valence-corrected chi connectivity index (χ0v) is 23.7. The second kappa shape index (κ2) is 13.7. The van der Waals surface area contributed by atoms with Gasteiger partial charge in [-0.2, -0.15) is 0 Å².